The van der Waals surface area contributed by atoms with E-state index in [-0.39, 0.29) is 0 Å². The van der Waals surface area contributed by atoms with Crippen molar-refractivity contribution in [1.29, 1.82) is 0 Å². The third-order valence-corrected chi connectivity index (χ3v) is 5.75. The van der Waals surface area contributed by atoms with E-state index in [9.17, 15) is 0 Å². The summed E-state index contributed by atoms with van der Waals surface area (Å²) < 4.78 is 0. The molecule has 2 aliphatic heterocycles. The Hall–Kier alpha value is -1.61. The van der Waals surface area contributed by atoms with Crippen molar-refractivity contribution in [2.45, 2.75) is 32.6 Å². The van der Waals surface area contributed by atoms with Crippen LogP contribution in [-0.4, -0.2) is 31.2 Å². The first kappa shape index (κ1) is 14.9. The number of pyridine rings is 1. The summed E-state index contributed by atoms with van der Waals surface area (Å²) in [6.45, 7) is 6.94. The highest BCUT2D eigenvalue weighted by molar-refractivity contribution is 5.92. The second-order valence-corrected chi connectivity index (χ2v) is 7.21. The molecule has 2 fully saturated rings. The zero-order valence-electron chi connectivity index (χ0n) is 14.1. The Morgan fingerprint density at radius 1 is 1.00 bits per heavy atom. The minimum atomic E-state index is 0.933. The summed E-state index contributed by atoms with van der Waals surface area (Å²) in [5.74, 6) is 1.89. The van der Waals surface area contributed by atoms with E-state index < -0.39 is 0 Å². The lowest BCUT2D eigenvalue weighted by molar-refractivity contribution is 0.222. The molecule has 0 bridgehead atoms. The number of aryl methyl sites for hydroxylation is 1. The van der Waals surface area contributed by atoms with Crippen molar-refractivity contribution < 1.29 is 0 Å². The van der Waals surface area contributed by atoms with E-state index >= 15 is 0 Å². The molecule has 1 N–H and O–H groups in total. The average molecular weight is 309 g/mol. The molecular weight excluding hydrogens is 282 g/mol. The highest BCUT2D eigenvalue weighted by atomic mass is 15.1. The Balaban J connectivity index is 1.52. The Labute approximate surface area is 139 Å². The number of hydrogen-bond acceptors (Lipinski definition) is 3. The van der Waals surface area contributed by atoms with E-state index in [2.05, 4.69) is 52.5 Å². The first-order valence-electron chi connectivity index (χ1n) is 9.13. The van der Waals surface area contributed by atoms with Gasteiger partial charge in [-0.25, -0.2) is 0 Å². The fourth-order valence-electron chi connectivity index (χ4n) is 4.47. The third-order valence-electron chi connectivity index (χ3n) is 5.75. The molecule has 0 atom stereocenters. The van der Waals surface area contributed by atoms with Gasteiger partial charge in [0, 0.05) is 29.9 Å². The number of para-hydroxylation sites is 1. The number of piperidine rings is 2. The van der Waals surface area contributed by atoms with Crippen molar-refractivity contribution in [3.8, 4) is 0 Å². The molecule has 0 amide bonds. The van der Waals surface area contributed by atoms with E-state index in [1.54, 1.807) is 0 Å². The standard InChI is InChI=1S/C20H27N3/c1-15-14-20(18-4-2-3-5-19(18)22-15)23-12-8-17(9-13-23)16-6-10-21-11-7-16/h2-5,14,16-17,21H,6-13H2,1H3. The maximum absolute atomic E-state index is 4.69. The van der Waals surface area contributed by atoms with Crippen LogP contribution in [-0.2, 0) is 0 Å². The largest absolute Gasteiger partial charge is 0.371 e. The van der Waals surface area contributed by atoms with E-state index in [1.807, 2.05) is 0 Å². The summed E-state index contributed by atoms with van der Waals surface area (Å²) in [6.07, 6.45) is 5.45. The zero-order chi connectivity index (χ0) is 15.6. The number of rotatable bonds is 2. The Bertz CT molecular complexity index is 668. The van der Waals surface area contributed by atoms with Gasteiger partial charge in [0.1, 0.15) is 0 Å². The Morgan fingerprint density at radius 2 is 1.70 bits per heavy atom. The molecule has 0 spiro atoms. The predicted molar refractivity (Wildman–Crippen MR) is 97.0 cm³/mol. The van der Waals surface area contributed by atoms with Crippen LogP contribution in [0.2, 0.25) is 0 Å². The summed E-state index contributed by atoms with van der Waals surface area (Å²) >= 11 is 0. The number of nitrogens with zero attached hydrogens (tertiary/aromatic N) is 2. The molecule has 23 heavy (non-hydrogen) atoms. The molecule has 2 aliphatic rings. The van der Waals surface area contributed by atoms with Gasteiger partial charge in [-0.15, -0.1) is 0 Å². The molecular formula is C20H27N3. The molecule has 3 nitrogen and oxygen atoms in total. The molecule has 2 aromatic rings. The lowest BCUT2D eigenvalue weighted by Gasteiger charge is -2.39. The molecule has 0 unspecified atom stereocenters. The summed E-state index contributed by atoms with van der Waals surface area (Å²) in [4.78, 5) is 7.28. The number of aromatic nitrogens is 1. The molecule has 0 radical (unpaired) electrons. The maximum atomic E-state index is 4.69. The normalized spacial score (nSPS) is 21.0. The van der Waals surface area contributed by atoms with Gasteiger partial charge in [-0.1, -0.05) is 18.2 Å². The van der Waals surface area contributed by atoms with Crippen LogP contribution in [0.25, 0.3) is 10.9 Å². The molecule has 4 rings (SSSR count). The molecule has 3 heteroatoms. The van der Waals surface area contributed by atoms with Crippen molar-refractivity contribution in [1.82, 2.24) is 10.3 Å². The molecule has 0 saturated carbocycles. The van der Waals surface area contributed by atoms with Gasteiger partial charge in [0.2, 0.25) is 0 Å². The minimum Gasteiger partial charge on any atom is -0.371 e. The fourth-order valence-corrected chi connectivity index (χ4v) is 4.47. The first-order valence-corrected chi connectivity index (χ1v) is 9.13. The topological polar surface area (TPSA) is 28.2 Å². The summed E-state index contributed by atoms with van der Waals surface area (Å²) in [5, 5.41) is 4.80. The molecule has 0 aliphatic carbocycles. The molecule has 2 saturated heterocycles. The van der Waals surface area contributed by atoms with E-state index in [0.717, 1.165) is 23.0 Å². The minimum absolute atomic E-state index is 0.933. The van der Waals surface area contributed by atoms with Crippen LogP contribution in [0.3, 0.4) is 0 Å². The molecule has 3 heterocycles. The average Bonchev–Trinajstić information content (AvgIpc) is 2.62. The van der Waals surface area contributed by atoms with Gasteiger partial charge in [-0.2, -0.15) is 0 Å². The maximum Gasteiger partial charge on any atom is 0.0726 e. The predicted octanol–water partition coefficient (Wildman–Crippen LogP) is 3.76. The second kappa shape index (κ2) is 6.48. The van der Waals surface area contributed by atoms with E-state index in [1.165, 1.54) is 62.9 Å². The van der Waals surface area contributed by atoms with Crippen LogP contribution in [0.15, 0.2) is 30.3 Å². The van der Waals surface area contributed by atoms with Crippen LogP contribution in [0, 0.1) is 18.8 Å². The third kappa shape index (κ3) is 3.07. The number of fused-ring (bicyclic) bond motifs is 1. The zero-order valence-corrected chi connectivity index (χ0v) is 14.1. The fraction of sp³-hybridized carbons (Fsp3) is 0.550. The van der Waals surface area contributed by atoms with E-state index in [4.69, 9.17) is 0 Å². The summed E-state index contributed by atoms with van der Waals surface area (Å²) in [6, 6.07) is 10.8. The highest BCUT2D eigenvalue weighted by Gasteiger charge is 2.28. The van der Waals surface area contributed by atoms with Crippen LogP contribution in [0.1, 0.15) is 31.4 Å². The Kier molecular flexibility index (Phi) is 4.21. The number of hydrogen-bond donors (Lipinski definition) is 1. The first-order chi connectivity index (χ1) is 11.3. The molecule has 122 valence electrons. The number of benzene rings is 1. The van der Waals surface area contributed by atoms with Crippen LogP contribution in [0.4, 0.5) is 5.69 Å². The highest BCUT2D eigenvalue weighted by Crippen LogP contribution is 2.34. The number of anilines is 1. The smallest absolute Gasteiger partial charge is 0.0726 e. The number of nitrogens with one attached hydrogen (secondary N) is 1. The molecule has 1 aromatic carbocycles. The SMILES string of the molecule is Cc1cc(N2CCC(C3CCNCC3)CC2)c2ccccc2n1. The quantitative estimate of drug-likeness (QED) is 0.915. The monoisotopic (exact) mass is 309 g/mol. The van der Waals surface area contributed by atoms with Gasteiger partial charge in [-0.05, 0) is 69.7 Å². The van der Waals surface area contributed by atoms with Crippen molar-refractivity contribution in [2.75, 3.05) is 31.1 Å². The van der Waals surface area contributed by atoms with Gasteiger partial charge in [-0.3, -0.25) is 4.98 Å². The summed E-state index contributed by atoms with van der Waals surface area (Å²) in [7, 11) is 0. The van der Waals surface area contributed by atoms with Crippen LogP contribution in [0.5, 0.6) is 0 Å². The molecule has 1 aromatic heterocycles. The van der Waals surface area contributed by atoms with Crippen molar-refractivity contribution >= 4 is 16.6 Å². The van der Waals surface area contributed by atoms with E-state index in [0.29, 0.717) is 0 Å². The van der Waals surface area contributed by atoms with Crippen LogP contribution < -0.4 is 10.2 Å². The van der Waals surface area contributed by atoms with Crippen molar-refractivity contribution in [3.05, 3.63) is 36.0 Å². The lowest BCUT2D eigenvalue weighted by atomic mass is 9.79. The van der Waals surface area contributed by atoms with Gasteiger partial charge in [0.25, 0.3) is 0 Å². The van der Waals surface area contributed by atoms with Gasteiger partial charge < -0.3 is 10.2 Å². The van der Waals surface area contributed by atoms with Gasteiger partial charge in [0.15, 0.2) is 0 Å². The Morgan fingerprint density at radius 3 is 2.48 bits per heavy atom. The van der Waals surface area contributed by atoms with Gasteiger partial charge in [0.05, 0.1) is 5.52 Å². The van der Waals surface area contributed by atoms with Gasteiger partial charge >= 0.3 is 0 Å². The summed E-state index contributed by atoms with van der Waals surface area (Å²) in [5.41, 5.74) is 3.64. The van der Waals surface area contributed by atoms with Crippen molar-refractivity contribution in [3.63, 3.8) is 0 Å². The van der Waals surface area contributed by atoms with Crippen LogP contribution >= 0.6 is 0 Å². The van der Waals surface area contributed by atoms with Crippen molar-refractivity contribution in [2.24, 2.45) is 11.8 Å². The lowest BCUT2D eigenvalue weighted by Crippen LogP contribution is -2.39. The second-order valence-electron chi connectivity index (χ2n) is 7.21.